The third kappa shape index (κ3) is 2.21. The Bertz CT molecular complexity index is 643. The number of carbonyl (C=O) groups excluding carboxylic acids is 1. The van der Waals surface area contributed by atoms with Gasteiger partial charge in [0.15, 0.2) is 11.5 Å². The van der Waals surface area contributed by atoms with Gasteiger partial charge in [-0.15, -0.1) is 0 Å². The van der Waals surface area contributed by atoms with Gasteiger partial charge in [-0.05, 0) is 19.3 Å². The number of hydrogen-bond donors (Lipinski definition) is 1. The minimum atomic E-state index is -0.972. The number of carbonyl (C=O) groups is 1. The average molecular weight is 309 g/mol. The van der Waals surface area contributed by atoms with E-state index in [9.17, 15) is 13.6 Å². The van der Waals surface area contributed by atoms with Gasteiger partial charge in [0.2, 0.25) is 17.5 Å². The number of nitrogens with one attached hydrogen (secondary N) is 1. The molecule has 4 rings (SSSR count). The molecule has 1 aromatic carbocycles. The summed E-state index contributed by atoms with van der Waals surface area (Å²) in [7, 11) is 0. The van der Waals surface area contributed by atoms with Gasteiger partial charge in [-0.1, -0.05) is 0 Å². The fourth-order valence-corrected chi connectivity index (χ4v) is 3.26. The second kappa shape index (κ2) is 5.11. The molecule has 0 saturated heterocycles. The zero-order valence-electron chi connectivity index (χ0n) is 12.1. The minimum absolute atomic E-state index is 0.00866. The fraction of sp³-hybridized carbons (Fsp3) is 0.562. The Hall–Kier alpha value is -1.85. The number of amides is 1. The lowest BCUT2D eigenvalue weighted by Gasteiger charge is -2.12. The Morgan fingerprint density at radius 3 is 2.73 bits per heavy atom. The summed E-state index contributed by atoms with van der Waals surface area (Å²) in [5.41, 5.74) is 1.41. The number of rotatable bonds is 4. The van der Waals surface area contributed by atoms with Gasteiger partial charge in [0, 0.05) is 35.9 Å². The van der Waals surface area contributed by atoms with Crippen molar-refractivity contribution >= 4 is 5.91 Å². The van der Waals surface area contributed by atoms with Crippen LogP contribution >= 0.6 is 0 Å². The molecule has 0 spiro atoms. The van der Waals surface area contributed by atoms with Crippen LogP contribution in [0.25, 0.3) is 0 Å². The molecule has 1 N–H and O–H groups in total. The van der Waals surface area contributed by atoms with E-state index in [1.807, 2.05) is 0 Å². The SMILES string of the molecule is O=C(CC[C@@H]1COc2c(F)c(F)c3c(c21)CCO3)NC1CC1. The number of ether oxygens (including phenoxy) is 2. The third-order valence-corrected chi connectivity index (χ3v) is 4.53. The molecule has 1 atom stereocenters. The maximum atomic E-state index is 14.1. The normalized spacial score (nSPS) is 21.8. The smallest absolute Gasteiger partial charge is 0.220 e. The summed E-state index contributed by atoms with van der Waals surface area (Å²) in [5, 5.41) is 2.94. The van der Waals surface area contributed by atoms with Crippen molar-refractivity contribution in [2.24, 2.45) is 0 Å². The number of hydrogen-bond acceptors (Lipinski definition) is 3. The van der Waals surface area contributed by atoms with E-state index < -0.39 is 11.6 Å². The lowest BCUT2D eigenvalue weighted by Crippen LogP contribution is -2.25. The van der Waals surface area contributed by atoms with Crippen LogP contribution in [0.3, 0.4) is 0 Å². The average Bonchev–Trinajstić information content (AvgIpc) is 3.03. The summed E-state index contributed by atoms with van der Waals surface area (Å²) in [5.74, 6) is -1.96. The highest BCUT2D eigenvalue weighted by atomic mass is 19.2. The van der Waals surface area contributed by atoms with Crippen LogP contribution in [0.1, 0.15) is 42.7 Å². The number of fused-ring (bicyclic) bond motifs is 3. The molecule has 0 unspecified atom stereocenters. The summed E-state index contributed by atoms with van der Waals surface area (Å²) < 4.78 is 38.5. The van der Waals surface area contributed by atoms with Crippen molar-refractivity contribution < 1.29 is 23.0 Å². The zero-order valence-corrected chi connectivity index (χ0v) is 12.1. The summed E-state index contributed by atoms with van der Waals surface area (Å²) in [6.07, 6.45) is 3.61. The third-order valence-electron chi connectivity index (χ3n) is 4.53. The van der Waals surface area contributed by atoms with Gasteiger partial charge in [-0.3, -0.25) is 4.79 Å². The van der Waals surface area contributed by atoms with E-state index in [1.165, 1.54) is 0 Å². The van der Waals surface area contributed by atoms with Crippen LogP contribution in [0.4, 0.5) is 8.78 Å². The molecular weight excluding hydrogens is 292 g/mol. The van der Waals surface area contributed by atoms with Crippen LogP contribution in [0.15, 0.2) is 0 Å². The lowest BCUT2D eigenvalue weighted by molar-refractivity contribution is -0.121. The molecule has 3 aliphatic rings. The lowest BCUT2D eigenvalue weighted by atomic mass is 9.90. The standard InChI is InChI=1S/C16H17F2NO3/c17-13-14(18)16-12(10-5-6-21-15(10)13)8(7-22-16)1-4-11(20)19-9-2-3-9/h8-9H,1-7H2,(H,19,20)/t8-/m1/s1. The van der Waals surface area contributed by atoms with Gasteiger partial charge >= 0.3 is 0 Å². The molecule has 1 saturated carbocycles. The molecule has 1 amide bonds. The van der Waals surface area contributed by atoms with E-state index in [1.54, 1.807) is 0 Å². The molecule has 4 nitrogen and oxygen atoms in total. The van der Waals surface area contributed by atoms with Crippen LogP contribution in [0.2, 0.25) is 0 Å². The Morgan fingerprint density at radius 1 is 1.18 bits per heavy atom. The first-order valence-corrected chi connectivity index (χ1v) is 7.74. The van der Waals surface area contributed by atoms with Crippen molar-refractivity contribution in [2.75, 3.05) is 13.2 Å². The highest BCUT2D eigenvalue weighted by molar-refractivity contribution is 5.76. The van der Waals surface area contributed by atoms with Crippen LogP contribution in [0, 0.1) is 11.6 Å². The summed E-state index contributed by atoms with van der Waals surface area (Å²) >= 11 is 0. The summed E-state index contributed by atoms with van der Waals surface area (Å²) in [4.78, 5) is 11.8. The molecule has 2 aliphatic heterocycles. The van der Waals surface area contributed by atoms with Crippen molar-refractivity contribution in [1.82, 2.24) is 5.32 Å². The molecule has 1 fully saturated rings. The van der Waals surface area contributed by atoms with Crippen LogP contribution < -0.4 is 14.8 Å². The minimum Gasteiger partial charge on any atom is -0.490 e. The van der Waals surface area contributed by atoms with Crippen molar-refractivity contribution in [3.63, 3.8) is 0 Å². The highest BCUT2D eigenvalue weighted by Gasteiger charge is 2.37. The number of halogens is 2. The molecule has 1 aliphatic carbocycles. The van der Waals surface area contributed by atoms with E-state index >= 15 is 0 Å². The van der Waals surface area contributed by atoms with Crippen molar-refractivity contribution in [1.29, 1.82) is 0 Å². The molecule has 0 bridgehead atoms. The molecule has 22 heavy (non-hydrogen) atoms. The molecular formula is C16H17F2NO3. The molecule has 6 heteroatoms. The van der Waals surface area contributed by atoms with Gasteiger partial charge in [0.05, 0.1) is 13.2 Å². The Kier molecular flexibility index (Phi) is 3.20. The van der Waals surface area contributed by atoms with Crippen LogP contribution in [-0.2, 0) is 11.2 Å². The number of benzene rings is 1. The predicted octanol–water partition coefficient (Wildman–Crippen LogP) is 2.43. The quantitative estimate of drug-likeness (QED) is 0.929. The van der Waals surface area contributed by atoms with Crippen molar-refractivity contribution in [3.05, 3.63) is 22.8 Å². The predicted molar refractivity (Wildman–Crippen MR) is 74.2 cm³/mol. The monoisotopic (exact) mass is 309 g/mol. The molecule has 0 radical (unpaired) electrons. The van der Waals surface area contributed by atoms with E-state index in [-0.39, 0.29) is 23.3 Å². The maximum Gasteiger partial charge on any atom is 0.220 e. The Labute approximate surface area is 126 Å². The van der Waals surface area contributed by atoms with Gasteiger partial charge in [-0.25, -0.2) is 0 Å². The highest BCUT2D eigenvalue weighted by Crippen LogP contribution is 2.47. The first-order chi connectivity index (χ1) is 10.6. The summed E-state index contributed by atoms with van der Waals surface area (Å²) in [6.45, 7) is 0.649. The van der Waals surface area contributed by atoms with Crippen LogP contribution in [-0.4, -0.2) is 25.2 Å². The maximum absolute atomic E-state index is 14.1. The first-order valence-electron chi connectivity index (χ1n) is 7.74. The molecule has 118 valence electrons. The van der Waals surface area contributed by atoms with Gasteiger partial charge < -0.3 is 14.8 Å². The fourth-order valence-electron chi connectivity index (χ4n) is 3.26. The van der Waals surface area contributed by atoms with Crippen molar-refractivity contribution in [2.45, 2.75) is 44.1 Å². The molecule has 2 heterocycles. The van der Waals surface area contributed by atoms with Gasteiger partial charge in [0.25, 0.3) is 0 Å². The van der Waals surface area contributed by atoms with E-state index in [0.29, 0.717) is 49.6 Å². The van der Waals surface area contributed by atoms with E-state index in [0.717, 1.165) is 12.8 Å². The van der Waals surface area contributed by atoms with Crippen LogP contribution in [0.5, 0.6) is 11.5 Å². The van der Waals surface area contributed by atoms with Gasteiger partial charge in [-0.2, -0.15) is 8.78 Å². The Morgan fingerprint density at radius 2 is 1.95 bits per heavy atom. The van der Waals surface area contributed by atoms with E-state index in [4.69, 9.17) is 9.47 Å². The first kappa shape index (κ1) is 13.8. The van der Waals surface area contributed by atoms with Gasteiger partial charge in [0.1, 0.15) is 0 Å². The topological polar surface area (TPSA) is 47.6 Å². The van der Waals surface area contributed by atoms with Crippen molar-refractivity contribution in [3.8, 4) is 11.5 Å². The largest absolute Gasteiger partial charge is 0.490 e. The zero-order chi connectivity index (χ0) is 15.3. The second-order valence-electron chi connectivity index (χ2n) is 6.17. The second-order valence-corrected chi connectivity index (χ2v) is 6.17. The summed E-state index contributed by atoms with van der Waals surface area (Å²) in [6, 6.07) is 0.337. The molecule has 0 aromatic heterocycles. The van der Waals surface area contributed by atoms with E-state index in [2.05, 4.69) is 5.32 Å². The molecule has 1 aromatic rings. The Balaban J connectivity index is 1.55.